The van der Waals surface area contributed by atoms with Crippen LogP contribution in [-0.4, -0.2) is 24.6 Å². The van der Waals surface area contributed by atoms with Gasteiger partial charge in [0.05, 0.1) is 0 Å². The van der Waals surface area contributed by atoms with Gasteiger partial charge in [-0.3, -0.25) is 0 Å². The first kappa shape index (κ1) is 83.1. The molecule has 0 aromatic rings. The predicted octanol–water partition coefficient (Wildman–Crippen LogP) is 25.4. The van der Waals surface area contributed by atoms with Crippen molar-refractivity contribution in [1.82, 2.24) is 0 Å². The maximum atomic E-state index is 12.3. The maximum Gasteiger partial charge on any atom is 2.00 e. The Kier molecular flexibility index (Phi) is 75.8. The number of hydrogen-bond donors (Lipinski definition) is 0. The van der Waals surface area contributed by atoms with Gasteiger partial charge in [-0.1, -0.05) is 307 Å². The van der Waals surface area contributed by atoms with Crippen LogP contribution in [0.3, 0.4) is 0 Å². The first-order valence-corrected chi connectivity index (χ1v) is 39.4. The third-order valence-electron chi connectivity index (χ3n) is 16.0. The molecule has 0 bridgehead atoms. The second kappa shape index (κ2) is 72.1. The molecule has 0 heterocycles. The molecular weight excluding hydrogens is 1050 g/mol. The second-order valence-corrected chi connectivity index (χ2v) is 29.3. The molecule has 0 amide bonds. The average Bonchev–Trinajstić information content (AvgIpc) is 3.42. The number of hydrogen-bond acceptors (Lipinski definition) is 4. The van der Waals surface area contributed by atoms with Crippen molar-refractivity contribution < 1.29 is 36.0 Å². The molecule has 4 nitrogen and oxygen atoms in total. The Labute approximate surface area is 508 Å². The van der Waals surface area contributed by atoms with Crippen LogP contribution >= 0.6 is 14.7 Å². The van der Waals surface area contributed by atoms with Crippen molar-refractivity contribution in [3.63, 3.8) is 0 Å². The molecule has 0 rings (SSSR count). The number of unbranched alkanes of at least 4 members (excludes halogenated alkanes) is 48. The van der Waals surface area contributed by atoms with Gasteiger partial charge in [0, 0.05) is 14.7 Å². The van der Waals surface area contributed by atoms with Gasteiger partial charge in [-0.25, -0.2) is 0 Å². The van der Waals surface area contributed by atoms with Crippen LogP contribution in [0, 0.1) is 0 Å². The van der Waals surface area contributed by atoms with Gasteiger partial charge in [0.15, 0.2) is 0 Å². The smallest absolute Gasteiger partial charge is 0.799 e. The van der Waals surface area contributed by atoms with E-state index in [1.165, 1.54) is 308 Å². The van der Waals surface area contributed by atoms with Crippen LogP contribution in [0.1, 0.15) is 387 Å². The molecule has 0 aromatic carbocycles. The molecule has 0 aliphatic heterocycles. The van der Waals surface area contributed by atoms with Crippen molar-refractivity contribution in [3.05, 3.63) is 48.6 Å². The topological polar surface area (TPSA) is 80.3 Å². The summed E-state index contributed by atoms with van der Waals surface area (Å²) in [6.07, 6.45) is 91.4. The molecule has 0 aromatic heterocycles. The van der Waals surface area contributed by atoms with Crippen molar-refractivity contribution in [1.29, 1.82) is 0 Å². The van der Waals surface area contributed by atoms with Gasteiger partial charge < -0.3 is 18.9 Å². The maximum absolute atomic E-state index is 12.3. The average molecular weight is 1190 g/mol. The molecule has 0 radical (unpaired) electrons. The van der Waals surface area contributed by atoms with Crippen LogP contribution < -0.4 is 9.79 Å². The van der Waals surface area contributed by atoms with E-state index in [9.17, 15) is 18.9 Å². The molecule has 0 saturated heterocycles. The molecular formula is C72H140FeO4P2. The van der Waals surface area contributed by atoms with E-state index in [1.54, 1.807) is 0 Å². The van der Waals surface area contributed by atoms with Crippen LogP contribution in [0.25, 0.3) is 0 Å². The fourth-order valence-corrected chi connectivity index (χ4v) is 13.9. The number of rotatable bonds is 64. The van der Waals surface area contributed by atoms with Crippen LogP contribution in [0.2, 0.25) is 0 Å². The summed E-state index contributed by atoms with van der Waals surface area (Å²) in [5, 5.41) is 0. The fourth-order valence-electron chi connectivity index (χ4n) is 10.6. The minimum atomic E-state index is -3.14. The molecule has 0 N–H and O–H groups in total. The van der Waals surface area contributed by atoms with Gasteiger partial charge in [0.1, 0.15) is 0 Å². The minimum absolute atomic E-state index is 0. The summed E-state index contributed by atoms with van der Waals surface area (Å²) in [7, 11) is -6.27. The van der Waals surface area contributed by atoms with E-state index >= 15 is 0 Å². The van der Waals surface area contributed by atoms with E-state index in [1.807, 2.05) is 0 Å². The molecule has 0 saturated carbocycles. The van der Waals surface area contributed by atoms with E-state index in [-0.39, 0.29) is 17.1 Å². The zero-order chi connectivity index (χ0) is 57.1. The van der Waals surface area contributed by atoms with E-state index < -0.39 is 14.7 Å². The number of allylic oxidation sites excluding steroid dienone is 8. The van der Waals surface area contributed by atoms with Crippen molar-refractivity contribution in [2.45, 2.75) is 387 Å². The quantitative estimate of drug-likeness (QED) is 0.0263. The summed E-state index contributed by atoms with van der Waals surface area (Å²) in [4.78, 5) is 24.7. The zero-order valence-corrected chi connectivity index (χ0v) is 56.8. The summed E-state index contributed by atoms with van der Waals surface area (Å²) in [6, 6.07) is 0. The van der Waals surface area contributed by atoms with Crippen LogP contribution in [-0.2, 0) is 26.2 Å². The van der Waals surface area contributed by atoms with Crippen LogP contribution in [0.5, 0.6) is 0 Å². The van der Waals surface area contributed by atoms with E-state index in [0.29, 0.717) is 24.6 Å². The molecule has 0 atom stereocenters. The first-order valence-electron chi connectivity index (χ1n) is 35.4. The molecule has 7 heteroatoms. The molecule has 0 fully saturated rings. The van der Waals surface area contributed by atoms with E-state index in [2.05, 4.69) is 76.3 Å². The van der Waals surface area contributed by atoms with Crippen molar-refractivity contribution in [3.8, 4) is 0 Å². The van der Waals surface area contributed by atoms with Gasteiger partial charge in [-0.05, 0) is 153 Å². The third-order valence-corrected chi connectivity index (χ3v) is 20.0. The van der Waals surface area contributed by atoms with E-state index in [0.717, 1.165) is 51.4 Å². The van der Waals surface area contributed by atoms with Gasteiger partial charge in [0.2, 0.25) is 0 Å². The third kappa shape index (κ3) is 77.9. The fraction of sp³-hybridized carbons (Fsp3) is 0.889. The molecule has 0 aliphatic rings. The molecule has 0 unspecified atom stereocenters. The summed E-state index contributed by atoms with van der Waals surface area (Å²) >= 11 is 0. The summed E-state index contributed by atoms with van der Waals surface area (Å²) < 4.78 is 24.7. The second-order valence-electron chi connectivity index (χ2n) is 24.3. The Balaban J connectivity index is -0.00000144. The van der Waals surface area contributed by atoms with Gasteiger partial charge in [0.25, 0.3) is 0 Å². The molecule has 0 spiro atoms. The standard InChI is InChI=1S/2C36H71O2P.Fe/c2*1-3-5-7-9-11-13-15-17-19-21-23-25-27-29-31-33-35-39(37,38)36-34-32-30-28-26-24-22-20-18-16-14-12-10-8-6-4-2;/h2*17-20H,3-16,21-36H2,1-2H3,(H,37,38);/q;;+2/p-2. The van der Waals surface area contributed by atoms with Crippen LogP contribution in [0.15, 0.2) is 48.6 Å². The zero-order valence-electron chi connectivity index (χ0n) is 53.9. The molecule has 470 valence electrons. The predicted molar refractivity (Wildman–Crippen MR) is 352 cm³/mol. The van der Waals surface area contributed by atoms with Crippen molar-refractivity contribution >= 4 is 14.7 Å². The Morgan fingerprint density at radius 1 is 0.203 bits per heavy atom. The Hall–Kier alpha value is -0.141. The monoisotopic (exact) mass is 1190 g/mol. The Morgan fingerprint density at radius 3 is 0.456 bits per heavy atom. The van der Waals surface area contributed by atoms with Crippen molar-refractivity contribution in [2.24, 2.45) is 0 Å². The van der Waals surface area contributed by atoms with Crippen LogP contribution in [0.4, 0.5) is 0 Å². The summed E-state index contributed by atoms with van der Waals surface area (Å²) in [6.45, 7) is 9.09. The van der Waals surface area contributed by atoms with Crippen molar-refractivity contribution in [2.75, 3.05) is 24.6 Å². The largest absolute Gasteiger partial charge is 2.00 e. The summed E-state index contributed by atoms with van der Waals surface area (Å²) in [5.74, 6) is 0. The summed E-state index contributed by atoms with van der Waals surface area (Å²) in [5.41, 5.74) is 0. The normalized spacial score (nSPS) is 13.4. The molecule has 79 heavy (non-hydrogen) atoms. The molecule has 0 aliphatic carbocycles. The Morgan fingerprint density at radius 2 is 0.316 bits per heavy atom. The first-order chi connectivity index (χ1) is 38.2. The van der Waals surface area contributed by atoms with E-state index in [4.69, 9.17) is 0 Å². The minimum Gasteiger partial charge on any atom is -0.799 e. The van der Waals surface area contributed by atoms with Gasteiger partial charge >= 0.3 is 17.1 Å². The Bertz CT molecular complexity index is 1150. The SMILES string of the molecule is CCCCCCCCC=CCCCCCCCCP(=O)([O-])CCCCCCCCC=CCCCCCCCC.CCCCCCCCC=CCCCCCCCCP(=O)([O-])CCCCCCCCC=CCCCCCCCC.[Fe+2]. The van der Waals surface area contributed by atoms with Gasteiger partial charge in [-0.15, -0.1) is 0 Å². The van der Waals surface area contributed by atoms with Gasteiger partial charge in [-0.2, -0.15) is 0 Å².